The van der Waals surface area contributed by atoms with Gasteiger partial charge in [0.2, 0.25) is 11.9 Å². The summed E-state index contributed by atoms with van der Waals surface area (Å²) in [7, 11) is 0. The molecule has 0 unspecified atom stereocenters. The first kappa shape index (κ1) is 19.2. The first-order chi connectivity index (χ1) is 12.9. The largest absolute Gasteiger partial charge is 0.467 e. The van der Waals surface area contributed by atoms with Crippen LogP contribution in [0.2, 0.25) is 0 Å². The van der Waals surface area contributed by atoms with E-state index in [1.54, 1.807) is 30.6 Å². The Bertz CT molecular complexity index is 716. The molecular weight excluding hydrogens is 363 g/mol. The van der Waals surface area contributed by atoms with E-state index >= 15 is 0 Å². The molecule has 0 spiro atoms. The molecule has 0 atom stereocenters. The summed E-state index contributed by atoms with van der Waals surface area (Å²) < 4.78 is 43.6. The minimum Gasteiger partial charge on any atom is -0.467 e. The Hall–Kier alpha value is -2.62. The fourth-order valence-electron chi connectivity index (χ4n) is 2.89. The van der Waals surface area contributed by atoms with Crippen LogP contribution in [0.4, 0.5) is 19.1 Å². The number of carbonyl (C=O) groups excluding carboxylic acids is 1. The monoisotopic (exact) mass is 383 g/mol. The van der Waals surface area contributed by atoms with Crippen LogP contribution in [-0.4, -0.2) is 71.1 Å². The minimum atomic E-state index is -4.47. The molecule has 2 aromatic heterocycles. The van der Waals surface area contributed by atoms with Crippen molar-refractivity contribution in [3.8, 4) is 0 Å². The Balaban J connectivity index is 1.55. The Morgan fingerprint density at radius 2 is 1.85 bits per heavy atom. The van der Waals surface area contributed by atoms with Gasteiger partial charge in [-0.2, -0.15) is 13.2 Å². The van der Waals surface area contributed by atoms with Gasteiger partial charge in [-0.15, -0.1) is 0 Å². The average Bonchev–Trinajstić information content (AvgIpc) is 3.14. The number of rotatable bonds is 6. The van der Waals surface area contributed by atoms with Gasteiger partial charge in [-0.25, -0.2) is 9.97 Å². The van der Waals surface area contributed by atoms with E-state index < -0.39 is 18.6 Å². The van der Waals surface area contributed by atoms with Crippen molar-refractivity contribution in [1.82, 2.24) is 19.8 Å². The van der Waals surface area contributed by atoms with Gasteiger partial charge >= 0.3 is 6.18 Å². The van der Waals surface area contributed by atoms with Crippen LogP contribution >= 0.6 is 0 Å². The van der Waals surface area contributed by atoms with Crippen molar-refractivity contribution >= 4 is 11.9 Å². The molecule has 7 nitrogen and oxygen atoms in total. The number of anilines is 1. The number of halogens is 3. The van der Waals surface area contributed by atoms with Crippen LogP contribution in [0.5, 0.6) is 0 Å². The van der Waals surface area contributed by atoms with Gasteiger partial charge in [-0.1, -0.05) is 0 Å². The third-order valence-electron chi connectivity index (χ3n) is 4.22. The molecule has 10 heteroatoms. The maximum absolute atomic E-state index is 12.9. The lowest BCUT2D eigenvalue weighted by atomic mass is 10.3. The number of nitrogens with zero attached hydrogens (tertiary/aromatic N) is 5. The number of hydrogen-bond acceptors (Lipinski definition) is 6. The van der Waals surface area contributed by atoms with Crippen LogP contribution in [0.1, 0.15) is 5.76 Å². The summed E-state index contributed by atoms with van der Waals surface area (Å²) in [4.78, 5) is 25.4. The molecule has 3 rings (SSSR count). The molecular formula is C17H20F3N5O2. The molecule has 0 bridgehead atoms. The highest BCUT2D eigenvalue weighted by Crippen LogP contribution is 2.19. The first-order valence-corrected chi connectivity index (χ1v) is 8.52. The Morgan fingerprint density at radius 3 is 2.44 bits per heavy atom. The molecule has 27 heavy (non-hydrogen) atoms. The smallest absolute Gasteiger partial charge is 0.406 e. The van der Waals surface area contributed by atoms with Crippen molar-refractivity contribution in [2.75, 3.05) is 44.2 Å². The van der Waals surface area contributed by atoms with Crippen LogP contribution in [-0.2, 0) is 11.3 Å². The lowest BCUT2D eigenvalue weighted by molar-refractivity contribution is -0.163. The molecule has 2 aromatic rings. The Labute approximate surface area is 154 Å². The fraction of sp³-hybridized carbons (Fsp3) is 0.471. The molecule has 0 saturated carbocycles. The maximum atomic E-state index is 12.9. The highest BCUT2D eigenvalue weighted by atomic mass is 19.4. The predicted octanol–water partition coefficient (Wildman–Crippen LogP) is 1.78. The number of aromatic nitrogens is 2. The Kier molecular flexibility index (Phi) is 5.94. The molecule has 1 aliphatic rings. The number of carbonyl (C=O) groups is 1. The number of amides is 1. The number of piperazine rings is 1. The van der Waals surface area contributed by atoms with Gasteiger partial charge in [-0.3, -0.25) is 9.69 Å². The van der Waals surface area contributed by atoms with Gasteiger partial charge in [0.15, 0.2) is 0 Å². The number of alkyl halides is 3. The van der Waals surface area contributed by atoms with Crippen LogP contribution in [0.25, 0.3) is 0 Å². The van der Waals surface area contributed by atoms with E-state index in [2.05, 4.69) is 9.97 Å². The summed E-state index contributed by atoms with van der Waals surface area (Å²) in [6, 6.07) is 4.86. The van der Waals surface area contributed by atoms with Crippen molar-refractivity contribution in [1.29, 1.82) is 0 Å². The van der Waals surface area contributed by atoms with E-state index in [1.165, 1.54) is 6.26 Å². The van der Waals surface area contributed by atoms with Crippen molar-refractivity contribution in [3.05, 3.63) is 42.6 Å². The third-order valence-corrected chi connectivity index (χ3v) is 4.22. The SMILES string of the molecule is O=C(CN1CCN(c2ncccn2)CC1)N(Cc1ccco1)CC(F)(F)F. The zero-order valence-corrected chi connectivity index (χ0v) is 14.6. The standard InChI is InChI=1S/C17H20F3N5O2/c18-17(19,20)13-25(11-14-3-1-10-27-14)15(26)12-23-6-8-24(9-7-23)16-21-4-2-5-22-16/h1-5,10H,6-9,11-13H2. The average molecular weight is 383 g/mol. The quantitative estimate of drug-likeness (QED) is 0.758. The van der Waals surface area contributed by atoms with Crippen molar-refractivity contribution < 1.29 is 22.4 Å². The molecule has 3 heterocycles. The van der Waals surface area contributed by atoms with Gasteiger partial charge in [0.25, 0.3) is 0 Å². The van der Waals surface area contributed by atoms with Crippen molar-refractivity contribution in [3.63, 3.8) is 0 Å². The van der Waals surface area contributed by atoms with E-state index in [-0.39, 0.29) is 13.1 Å². The van der Waals surface area contributed by atoms with E-state index in [0.29, 0.717) is 37.9 Å². The van der Waals surface area contributed by atoms with Gasteiger partial charge in [0.1, 0.15) is 12.3 Å². The van der Waals surface area contributed by atoms with Gasteiger partial charge in [0, 0.05) is 38.6 Å². The Morgan fingerprint density at radius 1 is 1.15 bits per heavy atom. The fourth-order valence-corrected chi connectivity index (χ4v) is 2.89. The van der Waals surface area contributed by atoms with Crippen LogP contribution in [0.15, 0.2) is 41.3 Å². The molecule has 146 valence electrons. The normalized spacial score (nSPS) is 15.7. The molecule has 1 aliphatic heterocycles. The van der Waals surface area contributed by atoms with E-state index in [0.717, 1.165) is 4.90 Å². The van der Waals surface area contributed by atoms with E-state index in [9.17, 15) is 18.0 Å². The predicted molar refractivity (Wildman–Crippen MR) is 90.9 cm³/mol. The van der Waals surface area contributed by atoms with Crippen molar-refractivity contribution in [2.45, 2.75) is 12.7 Å². The lowest BCUT2D eigenvalue weighted by Gasteiger charge is -2.35. The van der Waals surface area contributed by atoms with E-state index in [4.69, 9.17) is 4.42 Å². The molecule has 0 aliphatic carbocycles. The second-order valence-corrected chi connectivity index (χ2v) is 6.26. The summed E-state index contributed by atoms with van der Waals surface area (Å²) in [5.74, 6) is 0.353. The van der Waals surface area contributed by atoms with Crippen LogP contribution in [0.3, 0.4) is 0 Å². The topological polar surface area (TPSA) is 65.7 Å². The number of furan rings is 1. The minimum absolute atomic E-state index is 0.0692. The summed E-state index contributed by atoms with van der Waals surface area (Å²) in [5, 5.41) is 0. The molecule has 0 N–H and O–H groups in total. The van der Waals surface area contributed by atoms with Gasteiger partial charge < -0.3 is 14.2 Å². The van der Waals surface area contributed by atoms with Crippen molar-refractivity contribution in [2.24, 2.45) is 0 Å². The van der Waals surface area contributed by atoms with Crippen LogP contribution in [0, 0.1) is 0 Å². The summed E-state index contributed by atoms with van der Waals surface area (Å²) in [5.41, 5.74) is 0. The zero-order valence-electron chi connectivity index (χ0n) is 14.6. The van der Waals surface area contributed by atoms with E-state index in [1.807, 2.05) is 9.80 Å². The molecule has 0 radical (unpaired) electrons. The first-order valence-electron chi connectivity index (χ1n) is 8.52. The van der Waals surface area contributed by atoms with Gasteiger partial charge in [-0.05, 0) is 18.2 Å². The highest BCUT2D eigenvalue weighted by Gasteiger charge is 2.34. The summed E-state index contributed by atoms with van der Waals surface area (Å²) >= 11 is 0. The summed E-state index contributed by atoms with van der Waals surface area (Å²) in [6.07, 6.45) is 0.214. The maximum Gasteiger partial charge on any atom is 0.406 e. The molecule has 1 amide bonds. The third kappa shape index (κ3) is 5.68. The zero-order chi connectivity index (χ0) is 19.3. The van der Waals surface area contributed by atoms with Crippen LogP contribution < -0.4 is 4.90 Å². The molecule has 1 fully saturated rings. The lowest BCUT2D eigenvalue weighted by Crippen LogP contribution is -2.51. The highest BCUT2D eigenvalue weighted by molar-refractivity contribution is 5.78. The van der Waals surface area contributed by atoms with Gasteiger partial charge in [0.05, 0.1) is 19.4 Å². The molecule has 1 saturated heterocycles. The molecule has 0 aromatic carbocycles. The second kappa shape index (κ2) is 8.38. The number of hydrogen-bond donors (Lipinski definition) is 0. The summed E-state index contributed by atoms with van der Waals surface area (Å²) in [6.45, 7) is 0.729. The second-order valence-electron chi connectivity index (χ2n) is 6.26.